The lowest BCUT2D eigenvalue weighted by Crippen LogP contribution is -2.14. The number of ether oxygens (including phenoxy) is 1. The number of rotatable bonds is 6. The molecule has 3 rings (SSSR count). The molecular weight excluding hydrogens is 344 g/mol. The minimum Gasteiger partial charge on any atom is -0.481 e. The van der Waals surface area contributed by atoms with Gasteiger partial charge in [-0.25, -0.2) is 14.6 Å². The van der Waals surface area contributed by atoms with Crippen LogP contribution in [0.2, 0.25) is 0 Å². The zero-order valence-electron chi connectivity index (χ0n) is 16.3. The highest BCUT2D eigenvalue weighted by atomic mass is 16.5. The van der Waals surface area contributed by atoms with Crippen LogP contribution in [0.4, 0.5) is 5.82 Å². The van der Waals surface area contributed by atoms with Crippen molar-refractivity contribution >= 4 is 5.82 Å². The van der Waals surface area contributed by atoms with Crippen LogP contribution in [-0.4, -0.2) is 31.8 Å². The second-order valence-electron chi connectivity index (χ2n) is 6.32. The molecule has 3 heterocycles. The van der Waals surface area contributed by atoms with E-state index in [9.17, 15) is 4.79 Å². The molecule has 0 fully saturated rings. The van der Waals surface area contributed by atoms with E-state index in [1.807, 2.05) is 26.1 Å². The Kier molecular flexibility index (Phi) is 5.25. The molecular formula is C19H24N6O2. The normalized spacial score (nSPS) is 10.9. The van der Waals surface area contributed by atoms with E-state index in [0.29, 0.717) is 23.6 Å². The van der Waals surface area contributed by atoms with Crippen molar-refractivity contribution in [2.45, 2.75) is 33.7 Å². The Morgan fingerprint density at radius 1 is 1.30 bits per heavy atom. The van der Waals surface area contributed by atoms with Gasteiger partial charge in [0, 0.05) is 36.6 Å². The van der Waals surface area contributed by atoms with Gasteiger partial charge < -0.3 is 15.0 Å². The summed E-state index contributed by atoms with van der Waals surface area (Å²) in [4.78, 5) is 23.6. The summed E-state index contributed by atoms with van der Waals surface area (Å²) in [6.45, 7) is 6.21. The van der Waals surface area contributed by atoms with E-state index < -0.39 is 0 Å². The number of pyridine rings is 1. The van der Waals surface area contributed by atoms with Crippen molar-refractivity contribution < 1.29 is 4.74 Å². The Balaban J connectivity index is 1.79. The number of H-pyrrole nitrogens is 1. The van der Waals surface area contributed by atoms with Gasteiger partial charge in [0.25, 0.3) is 5.56 Å². The molecule has 142 valence electrons. The van der Waals surface area contributed by atoms with Gasteiger partial charge >= 0.3 is 0 Å². The molecule has 0 saturated carbocycles. The Bertz CT molecular complexity index is 1000. The van der Waals surface area contributed by atoms with Crippen molar-refractivity contribution in [3.63, 3.8) is 0 Å². The van der Waals surface area contributed by atoms with E-state index in [4.69, 9.17) is 4.74 Å². The van der Waals surface area contributed by atoms with Crippen molar-refractivity contribution in [3.05, 3.63) is 51.2 Å². The van der Waals surface area contributed by atoms with E-state index >= 15 is 0 Å². The molecule has 0 aliphatic rings. The first kappa shape index (κ1) is 18.6. The summed E-state index contributed by atoms with van der Waals surface area (Å²) in [5.41, 5.74) is 3.99. The lowest BCUT2D eigenvalue weighted by atomic mass is 10.2. The molecule has 0 aliphatic heterocycles. The molecule has 0 amide bonds. The van der Waals surface area contributed by atoms with Gasteiger partial charge in [0.05, 0.1) is 18.4 Å². The van der Waals surface area contributed by atoms with E-state index in [0.717, 1.165) is 34.9 Å². The lowest BCUT2D eigenvalue weighted by Gasteiger charge is -2.09. The Morgan fingerprint density at radius 2 is 2.07 bits per heavy atom. The van der Waals surface area contributed by atoms with Crippen molar-refractivity contribution in [3.8, 4) is 17.3 Å². The summed E-state index contributed by atoms with van der Waals surface area (Å²) in [6, 6.07) is 3.74. The summed E-state index contributed by atoms with van der Waals surface area (Å²) >= 11 is 0. The maximum absolute atomic E-state index is 11.9. The second-order valence-corrected chi connectivity index (χ2v) is 6.32. The highest BCUT2D eigenvalue weighted by Gasteiger charge is 2.15. The van der Waals surface area contributed by atoms with Crippen LogP contribution in [0.25, 0.3) is 11.4 Å². The van der Waals surface area contributed by atoms with Gasteiger partial charge in [-0.1, -0.05) is 6.92 Å². The average Bonchev–Trinajstić information content (AvgIpc) is 2.99. The van der Waals surface area contributed by atoms with Crippen molar-refractivity contribution in [2.24, 2.45) is 7.05 Å². The molecule has 8 heteroatoms. The minimum atomic E-state index is -0.129. The molecule has 0 radical (unpaired) electrons. The maximum atomic E-state index is 11.9. The number of nitrogens with zero attached hydrogens (tertiary/aromatic N) is 4. The number of hydrogen-bond donors (Lipinski definition) is 2. The van der Waals surface area contributed by atoms with Crippen LogP contribution in [0, 0.1) is 13.8 Å². The zero-order valence-corrected chi connectivity index (χ0v) is 16.3. The Morgan fingerprint density at radius 3 is 2.67 bits per heavy atom. The maximum Gasteiger partial charge on any atom is 0.254 e. The molecule has 0 saturated heterocycles. The number of methoxy groups -OCH3 is 1. The van der Waals surface area contributed by atoms with E-state index in [1.165, 1.54) is 0 Å². The number of anilines is 1. The summed E-state index contributed by atoms with van der Waals surface area (Å²) < 4.78 is 7.20. The monoisotopic (exact) mass is 368 g/mol. The molecule has 0 unspecified atom stereocenters. The number of hydrogen-bond acceptors (Lipinski definition) is 6. The van der Waals surface area contributed by atoms with E-state index in [1.54, 1.807) is 24.9 Å². The number of aromatic nitrogens is 5. The van der Waals surface area contributed by atoms with Crippen LogP contribution in [0.15, 0.2) is 23.1 Å². The first-order valence-corrected chi connectivity index (χ1v) is 8.81. The van der Waals surface area contributed by atoms with E-state index in [2.05, 4.69) is 32.3 Å². The van der Waals surface area contributed by atoms with Gasteiger partial charge in [-0.15, -0.1) is 0 Å². The third-order valence-electron chi connectivity index (χ3n) is 4.58. The standard InChI is InChI=1S/C19H24N6O2/c1-6-15-14(19(27-5)25(4)24-15)10-21-16-8-7-13(9-20-16)17-22-12(3)11(2)18(26)23-17/h7-9H,6,10H2,1-5H3,(H,20,21)(H,22,23,26). The van der Waals surface area contributed by atoms with Crippen molar-refractivity contribution in [2.75, 3.05) is 12.4 Å². The Hall–Kier alpha value is -3.16. The molecule has 3 aromatic rings. The summed E-state index contributed by atoms with van der Waals surface area (Å²) in [7, 11) is 3.51. The third-order valence-corrected chi connectivity index (χ3v) is 4.58. The lowest BCUT2D eigenvalue weighted by molar-refractivity contribution is 0.369. The van der Waals surface area contributed by atoms with Crippen LogP contribution in [0.1, 0.15) is 29.4 Å². The highest BCUT2D eigenvalue weighted by Crippen LogP contribution is 2.23. The average molecular weight is 368 g/mol. The van der Waals surface area contributed by atoms with Crippen LogP contribution in [0.3, 0.4) is 0 Å². The molecule has 8 nitrogen and oxygen atoms in total. The summed E-state index contributed by atoms with van der Waals surface area (Å²) in [5, 5.41) is 7.78. The molecule has 3 aromatic heterocycles. The van der Waals surface area contributed by atoms with Crippen LogP contribution >= 0.6 is 0 Å². The summed E-state index contributed by atoms with van der Waals surface area (Å²) in [5.74, 6) is 1.98. The number of aromatic amines is 1. The van der Waals surface area contributed by atoms with Crippen molar-refractivity contribution in [1.82, 2.24) is 24.7 Å². The fourth-order valence-electron chi connectivity index (χ4n) is 2.92. The highest BCUT2D eigenvalue weighted by molar-refractivity contribution is 5.56. The SMILES string of the molecule is CCc1nn(C)c(OC)c1CNc1ccc(-c2nc(C)c(C)c(=O)[nH]2)cn1. The Labute approximate surface area is 157 Å². The van der Waals surface area contributed by atoms with Crippen LogP contribution in [0.5, 0.6) is 5.88 Å². The molecule has 0 atom stereocenters. The molecule has 27 heavy (non-hydrogen) atoms. The molecule has 0 bridgehead atoms. The first-order valence-electron chi connectivity index (χ1n) is 8.81. The predicted molar refractivity (Wildman–Crippen MR) is 104 cm³/mol. The predicted octanol–water partition coefficient (Wildman–Crippen LogP) is 2.37. The van der Waals surface area contributed by atoms with Gasteiger partial charge in [-0.3, -0.25) is 4.79 Å². The quantitative estimate of drug-likeness (QED) is 0.693. The van der Waals surface area contributed by atoms with E-state index in [-0.39, 0.29) is 5.56 Å². The fraction of sp³-hybridized carbons (Fsp3) is 0.368. The van der Waals surface area contributed by atoms with Crippen molar-refractivity contribution in [1.29, 1.82) is 0 Å². The smallest absolute Gasteiger partial charge is 0.254 e. The minimum absolute atomic E-state index is 0.129. The van der Waals surface area contributed by atoms with Gasteiger partial charge in [0.15, 0.2) is 0 Å². The fourth-order valence-corrected chi connectivity index (χ4v) is 2.92. The molecule has 2 N–H and O–H groups in total. The molecule has 0 aliphatic carbocycles. The van der Waals surface area contributed by atoms with Crippen LogP contribution < -0.4 is 15.6 Å². The summed E-state index contributed by atoms with van der Waals surface area (Å²) in [6.07, 6.45) is 2.52. The first-order chi connectivity index (χ1) is 12.9. The molecule has 0 spiro atoms. The number of aryl methyl sites for hydroxylation is 3. The third kappa shape index (κ3) is 3.69. The largest absolute Gasteiger partial charge is 0.481 e. The van der Waals surface area contributed by atoms with Gasteiger partial charge in [0.2, 0.25) is 5.88 Å². The van der Waals surface area contributed by atoms with Gasteiger partial charge in [-0.2, -0.15) is 5.10 Å². The number of nitrogens with one attached hydrogen (secondary N) is 2. The van der Waals surface area contributed by atoms with Crippen LogP contribution in [-0.2, 0) is 20.0 Å². The second kappa shape index (κ2) is 7.61. The zero-order chi connectivity index (χ0) is 19.6. The topological polar surface area (TPSA) is 97.7 Å². The van der Waals surface area contributed by atoms with Gasteiger partial charge in [-0.05, 0) is 32.4 Å². The molecule has 0 aromatic carbocycles. The van der Waals surface area contributed by atoms with Gasteiger partial charge in [0.1, 0.15) is 11.6 Å².